The number of guanidine groups is 1. The third kappa shape index (κ3) is 10.1. The average Bonchev–Trinajstić information content (AvgIpc) is 3.63. The number of hydrogen-bond donors (Lipinski definition) is 7. The number of benzene rings is 2. The van der Waals surface area contributed by atoms with Crippen molar-refractivity contribution in [3.63, 3.8) is 0 Å². The van der Waals surface area contributed by atoms with Gasteiger partial charge in [0.25, 0.3) is 5.56 Å². The minimum absolute atomic E-state index is 0.0649. The third-order valence-corrected chi connectivity index (χ3v) is 11.8. The number of aromatic nitrogens is 2. The Balaban J connectivity index is 1.08. The molecule has 5 heterocycles. The first-order chi connectivity index (χ1) is 31.1. The maximum atomic E-state index is 14.4. The number of rotatable bonds is 16. The van der Waals surface area contributed by atoms with Crippen LogP contribution in [0.15, 0.2) is 70.5 Å². The zero-order valence-corrected chi connectivity index (χ0v) is 37.3. The van der Waals surface area contributed by atoms with E-state index >= 15 is 0 Å². The number of carbonyl (C=O) groups excluding carboxylic acids is 3. The molecule has 19 nitrogen and oxygen atoms in total. The number of para-hydroxylation sites is 1. The molecule has 9 N–H and O–H groups in total. The van der Waals surface area contributed by atoms with Crippen LogP contribution in [0, 0.1) is 5.92 Å². The Labute approximate surface area is 379 Å². The zero-order valence-electron chi connectivity index (χ0n) is 36.4. The monoisotopic (exact) mass is 914 g/mol. The van der Waals surface area contributed by atoms with Gasteiger partial charge in [0.15, 0.2) is 11.1 Å². The van der Waals surface area contributed by atoms with Gasteiger partial charge < -0.3 is 65.9 Å². The summed E-state index contributed by atoms with van der Waals surface area (Å²) >= 11 is 5.62. The van der Waals surface area contributed by atoms with Gasteiger partial charge in [-0.3, -0.25) is 14.6 Å². The standard InChI is InChI=1S/C45H54N8O11S/c1-5-45(29-19-33-35-25(18-24-9-6-7-10-30(24)50-35)20-53(33)39(57)28(29)21-62-42(45)59)64-40(58)32(17-23(2)3)51-38(56)31(11-8-16-48-43(46)47)52-44(65)49-26-12-14-27(15-13-26)63-41-36(55)37(60-4)34(54)22-61-41/h6-7,9-10,12-15,18-19,23,31-32,34,36-37,41,54-55H,5,8,11,16-17,20-22H2,1-4H3,(H,51,56)(H4,46,47,48)(H2,49,52,65)/t31-,32+,34+,36?,37+,41+,45-/m0/s1. The maximum Gasteiger partial charge on any atom is 0.355 e. The summed E-state index contributed by atoms with van der Waals surface area (Å²) in [4.78, 5) is 65.5. The zero-order chi connectivity index (χ0) is 46.6. The van der Waals surface area contributed by atoms with Crippen LogP contribution in [0.3, 0.4) is 0 Å². The second-order valence-corrected chi connectivity index (χ2v) is 17.0. The van der Waals surface area contributed by atoms with Crippen LogP contribution in [0.1, 0.15) is 63.1 Å². The summed E-state index contributed by atoms with van der Waals surface area (Å²) in [6, 6.07) is 15.6. The second-order valence-electron chi connectivity index (χ2n) is 16.6. The van der Waals surface area contributed by atoms with E-state index in [4.69, 9.17) is 52.4 Å². The molecular formula is C45H54N8O11S. The Morgan fingerprint density at radius 1 is 1.08 bits per heavy atom. The first kappa shape index (κ1) is 46.8. The van der Waals surface area contributed by atoms with Gasteiger partial charge in [-0.2, -0.15) is 0 Å². The Hall–Kier alpha value is -6.19. The van der Waals surface area contributed by atoms with Gasteiger partial charge in [-0.1, -0.05) is 39.0 Å². The van der Waals surface area contributed by atoms with Gasteiger partial charge in [0.1, 0.15) is 42.8 Å². The van der Waals surface area contributed by atoms with E-state index in [2.05, 4.69) is 20.9 Å². The molecule has 65 heavy (non-hydrogen) atoms. The summed E-state index contributed by atoms with van der Waals surface area (Å²) in [5, 5.41) is 30.5. The minimum Gasteiger partial charge on any atom is -0.462 e. The molecule has 4 aromatic rings. The molecule has 0 radical (unpaired) electrons. The van der Waals surface area contributed by atoms with Crippen LogP contribution in [0.4, 0.5) is 5.69 Å². The van der Waals surface area contributed by atoms with Crippen LogP contribution in [-0.4, -0.2) is 106 Å². The third-order valence-electron chi connectivity index (χ3n) is 11.6. The number of pyridine rings is 2. The molecule has 3 aliphatic rings. The van der Waals surface area contributed by atoms with E-state index in [0.29, 0.717) is 29.2 Å². The number of nitrogens with one attached hydrogen (secondary N) is 3. The predicted octanol–water partition coefficient (Wildman–Crippen LogP) is 2.04. The lowest BCUT2D eigenvalue weighted by molar-refractivity contribution is -0.247. The first-order valence-electron chi connectivity index (χ1n) is 21.4. The average molecular weight is 915 g/mol. The van der Waals surface area contributed by atoms with Gasteiger partial charge in [-0.25, -0.2) is 14.6 Å². The number of fused-ring (bicyclic) bond motifs is 5. The summed E-state index contributed by atoms with van der Waals surface area (Å²) in [6.45, 7) is 5.50. The molecule has 2 aromatic heterocycles. The largest absolute Gasteiger partial charge is 0.462 e. The molecule has 0 saturated carbocycles. The number of cyclic esters (lactones) is 1. The highest BCUT2D eigenvalue weighted by Crippen LogP contribution is 2.41. The van der Waals surface area contributed by atoms with E-state index in [0.717, 1.165) is 16.5 Å². The number of aliphatic hydroxyl groups excluding tert-OH is 2. The van der Waals surface area contributed by atoms with Crippen LogP contribution in [0.25, 0.3) is 22.3 Å². The van der Waals surface area contributed by atoms with Crippen molar-refractivity contribution in [2.75, 3.05) is 25.6 Å². The van der Waals surface area contributed by atoms with Crippen LogP contribution in [-0.2, 0) is 52.1 Å². The summed E-state index contributed by atoms with van der Waals surface area (Å²) in [6.07, 6.45) is -3.62. The van der Waals surface area contributed by atoms with Crippen molar-refractivity contribution in [2.45, 2.75) is 102 Å². The molecule has 7 rings (SSSR count). The van der Waals surface area contributed by atoms with E-state index in [1.165, 1.54) is 7.11 Å². The van der Waals surface area contributed by atoms with Gasteiger partial charge >= 0.3 is 11.9 Å². The van der Waals surface area contributed by atoms with Crippen LogP contribution >= 0.6 is 12.2 Å². The van der Waals surface area contributed by atoms with E-state index < -0.39 is 60.1 Å². The Morgan fingerprint density at radius 2 is 1.83 bits per heavy atom. The predicted molar refractivity (Wildman–Crippen MR) is 242 cm³/mol. The normalized spacial score (nSPS) is 21.8. The van der Waals surface area contributed by atoms with Gasteiger partial charge in [0.2, 0.25) is 17.8 Å². The molecule has 20 heteroatoms. The fraction of sp³-hybridized carbons (Fsp3) is 0.444. The lowest BCUT2D eigenvalue weighted by Gasteiger charge is -2.37. The molecule has 3 aliphatic heterocycles. The highest BCUT2D eigenvalue weighted by molar-refractivity contribution is 7.80. The molecule has 0 aliphatic carbocycles. The lowest BCUT2D eigenvalue weighted by atomic mass is 9.85. The lowest BCUT2D eigenvalue weighted by Crippen LogP contribution is -2.55. The number of nitrogens with zero attached hydrogens (tertiary/aromatic N) is 3. The minimum atomic E-state index is -2.00. The number of hydrogen-bond acceptors (Lipinski definition) is 14. The number of anilines is 1. The van der Waals surface area contributed by atoms with Crippen molar-refractivity contribution in [2.24, 2.45) is 22.4 Å². The number of aliphatic imine (C=N–C) groups is 1. The van der Waals surface area contributed by atoms with Gasteiger partial charge in [0.05, 0.1) is 35.6 Å². The van der Waals surface area contributed by atoms with E-state index in [9.17, 15) is 29.4 Å². The number of ether oxygens (including phenoxy) is 5. The molecule has 346 valence electrons. The Kier molecular flexibility index (Phi) is 14.3. The van der Waals surface area contributed by atoms with E-state index in [1.807, 2.05) is 44.2 Å². The van der Waals surface area contributed by atoms with Crippen LogP contribution < -0.4 is 37.7 Å². The van der Waals surface area contributed by atoms with Crippen LogP contribution in [0.2, 0.25) is 0 Å². The van der Waals surface area contributed by atoms with E-state index in [1.54, 1.807) is 41.8 Å². The topological polar surface area (TPSA) is 273 Å². The number of nitrogens with two attached hydrogens (primary N) is 2. The van der Waals surface area contributed by atoms with Gasteiger partial charge in [-0.05, 0) is 86.3 Å². The molecule has 0 spiro atoms. The summed E-state index contributed by atoms with van der Waals surface area (Å²) < 4.78 is 29.8. The maximum absolute atomic E-state index is 14.4. The summed E-state index contributed by atoms with van der Waals surface area (Å²) in [5.74, 6) is -2.21. The summed E-state index contributed by atoms with van der Waals surface area (Å²) in [5.41, 5.74) is 12.3. The number of esters is 2. The Morgan fingerprint density at radius 3 is 2.54 bits per heavy atom. The Bertz CT molecular complexity index is 2530. The molecule has 0 bridgehead atoms. The molecule has 1 saturated heterocycles. The molecule has 2 aromatic carbocycles. The van der Waals surface area contributed by atoms with E-state index in [-0.39, 0.29) is 79.2 Å². The molecule has 1 fully saturated rings. The summed E-state index contributed by atoms with van der Waals surface area (Å²) in [7, 11) is 1.37. The van der Waals surface area contributed by atoms with Crippen molar-refractivity contribution in [3.05, 3.63) is 87.7 Å². The number of amides is 1. The van der Waals surface area contributed by atoms with Crippen LogP contribution in [0.5, 0.6) is 5.75 Å². The highest BCUT2D eigenvalue weighted by Gasteiger charge is 2.51. The van der Waals surface area contributed by atoms with Crippen molar-refractivity contribution in [3.8, 4) is 17.1 Å². The smallest absolute Gasteiger partial charge is 0.355 e. The SMILES string of the molecule is CC[C@@]1(OC(=O)[C@@H](CC(C)C)NC(=O)[C@H](CCCN=C(N)N)NC(=S)Nc2ccc(O[C@H]3OC[C@@H](O)[C@@H](OC)C3O)cc2)C(=O)OCc2c1cc1n(c2=O)Cc2cc3ccccc3nc2-1. The van der Waals surface area contributed by atoms with Crippen molar-refractivity contribution in [1.29, 1.82) is 0 Å². The second kappa shape index (κ2) is 19.9. The fourth-order valence-corrected chi connectivity index (χ4v) is 8.56. The number of aliphatic hydroxyl groups is 2. The molecular weight excluding hydrogens is 861 g/mol. The quantitative estimate of drug-likeness (QED) is 0.0245. The number of methoxy groups -OCH3 is 1. The van der Waals surface area contributed by atoms with Gasteiger partial charge in [-0.15, -0.1) is 0 Å². The molecule has 7 atom stereocenters. The first-order valence-corrected chi connectivity index (χ1v) is 21.8. The number of thiocarbonyl (C=S) groups is 1. The molecule has 1 amide bonds. The van der Waals surface area contributed by atoms with Crippen molar-refractivity contribution < 1.29 is 48.3 Å². The van der Waals surface area contributed by atoms with Crippen molar-refractivity contribution >= 4 is 57.7 Å². The van der Waals surface area contributed by atoms with Gasteiger partial charge in [0, 0.05) is 35.9 Å². The molecule has 1 unspecified atom stereocenters. The highest BCUT2D eigenvalue weighted by atomic mass is 32.1. The number of carbonyl (C=O) groups is 3. The fourth-order valence-electron chi connectivity index (χ4n) is 8.30. The van der Waals surface area contributed by atoms with Crippen molar-refractivity contribution in [1.82, 2.24) is 20.2 Å².